The third-order valence-corrected chi connectivity index (χ3v) is 4.39. The van der Waals surface area contributed by atoms with Crippen LogP contribution >= 0.6 is 0 Å². The third-order valence-electron chi connectivity index (χ3n) is 4.39. The summed E-state index contributed by atoms with van der Waals surface area (Å²) in [6.07, 6.45) is 0.896. The quantitative estimate of drug-likeness (QED) is 0.691. The molecule has 2 heterocycles. The first kappa shape index (κ1) is 18.6. The molecular formula is C20H22N4O3. The summed E-state index contributed by atoms with van der Waals surface area (Å²) in [5, 5.41) is 4.43. The highest BCUT2D eigenvalue weighted by molar-refractivity contribution is 6.07. The van der Waals surface area contributed by atoms with Gasteiger partial charge in [0.15, 0.2) is 0 Å². The monoisotopic (exact) mass is 366 g/mol. The molecule has 0 aliphatic heterocycles. The SMILES string of the molecule is CCc1ccc(C(=O)NNC(=O)c2cc(C(C)C)nc3onc(C)c23)cc1. The van der Waals surface area contributed by atoms with Crippen LogP contribution in [0, 0.1) is 6.92 Å². The van der Waals surface area contributed by atoms with Gasteiger partial charge in [0.05, 0.1) is 16.6 Å². The van der Waals surface area contributed by atoms with Crippen LogP contribution in [-0.4, -0.2) is 22.0 Å². The molecule has 0 spiro atoms. The highest BCUT2D eigenvalue weighted by Crippen LogP contribution is 2.24. The van der Waals surface area contributed by atoms with Gasteiger partial charge in [0, 0.05) is 11.3 Å². The van der Waals surface area contributed by atoms with Crippen LogP contribution in [0.1, 0.15) is 64.4 Å². The van der Waals surface area contributed by atoms with Gasteiger partial charge in [-0.05, 0) is 43.0 Å². The highest BCUT2D eigenvalue weighted by atomic mass is 16.5. The third kappa shape index (κ3) is 3.81. The number of nitrogens with one attached hydrogen (secondary N) is 2. The van der Waals surface area contributed by atoms with Gasteiger partial charge in [0.25, 0.3) is 17.5 Å². The summed E-state index contributed by atoms with van der Waals surface area (Å²) < 4.78 is 5.22. The molecule has 27 heavy (non-hydrogen) atoms. The molecule has 3 aromatic rings. The minimum Gasteiger partial charge on any atom is -0.336 e. The van der Waals surface area contributed by atoms with Crippen molar-refractivity contribution in [1.29, 1.82) is 0 Å². The Kier molecular flexibility index (Phi) is 5.21. The average Bonchev–Trinajstić information content (AvgIpc) is 3.06. The maximum atomic E-state index is 12.7. The molecule has 140 valence electrons. The number of hydrogen-bond donors (Lipinski definition) is 2. The molecule has 0 saturated carbocycles. The Morgan fingerprint density at radius 1 is 1.11 bits per heavy atom. The normalized spacial score (nSPS) is 11.0. The van der Waals surface area contributed by atoms with Crippen molar-refractivity contribution in [2.75, 3.05) is 0 Å². The zero-order chi connectivity index (χ0) is 19.6. The fourth-order valence-corrected chi connectivity index (χ4v) is 2.73. The molecule has 0 bridgehead atoms. The molecule has 0 radical (unpaired) electrons. The number of rotatable bonds is 4. The first-order valence-electron chi connectivity index (χ1n) is 8.87. The largest absolute Gasteiger partial charge is 0.336 e. The van der Waals surface area contributed by atoms with Crippen LogP contribution in [0.4, 0.5) is 0 Å². The second-order valence-corrected chi connectivity index (χ2v) is 6.66. The van der Waals surface area contributed by atoms with Gasteiger partial charge in [-0.15, -0.1) is 0 Å². The second kappa shape index (κ2) is 7.57. The van der Waals surface area contributed by atoms with Crippen LogP contribution in [0.25, 0.3) is 11.1 Å². The molecule has 0 unspecified atom stereocenters. The lowest BCUT2D eigenvalue weighted by atomic mass is 10.0. The lowest BCUT2D eigenvalue weighted by Crippen LogP contribution is -2.41. The summed E-state index contributed by atoms with van der Waals surface area (Å²) in [6, 6.07) is 8.93. The van der Waals surface area contributed by atoms with Gasteiger partial charge in [-0.25, -0.2) is 4.98 Å². The summed E-state index contributed by atoms with van der Waals surface area (Å²) in [5.41, 5.74) is 8.48. The number of nitrogens with zero attached hydrogens (tertiary/aromatic N) is 2. The van der Waals surface area contributed by atoms with E-state index in [9.17, 15) is 9.59 Å². The zero-order valence-electron chi connectivity index (χ0n) is 15.8. The number of aromatic nitrogens is 2. The van der Waals surface area contributed by atoms with E-state index in [0.29, 0.717) is 33.6 Å². The predicted molar refractivity (Wildman–Crippen MR) is 101 cm³/mol. The number of hydrogen-bond acceptors (Lipinski definition) is 5. The standard InChI is InChI=1S/C20H22N4O3/c1-5-13-6-8-14(9-7-13)18(25)22-23-19(26)15-10-16(11(2)3)21-20-17(15)12(4)24-27-20/h6-11H,5H2,1-4H3,(H,22,25)(H,23,26). The second-order valence-electron chi connectivity index (χ2n) is 6.66. The topological polar surface area (TPSA) is 97.1 Å². The Hall–Kier alpha value is -3.22. The van der Waals surface area contributed by atoms with Crippen LogP contribution in [0.3, 0.4) is 0 Å². The molecule has 0 aliphatic rings. The minimum absolute atomic E-state index is 0.109. The van der Waals surface area contributed by atoms with Crippen molar-refractivity contribution < 1.29 is 14.1 Å². The van der Waals surface area contributed by atoms with E-state index in [4.69, 9.17) is 4.52 Å². The van der Waals surface area contributed by atoms with Gasteiger partial charge in [-0.1, -0.05) is 38.1 Å². The van der Waals surface area contributed by atoms with Crippen molar-refractivity contribution in [1.82, 2.24) is 21.0 Å². The first-order chi connectivity index (χ1) is 12.9. The summed E-state index contributed by atoms with van der Waals surface area (Å²) in [6.45, 7) is 7.73. The number of benzene rings is 1. The van der Waals surface area contributed by atoms with Crippen molar-refractivity contribution in [2.45, 2.75) is 40.0 Å². The van der Waals surface area contributed by atoms with Crippen molar-refractivity contribution in [2.24, 2.45) is 0 Å². The van der Waals surface area contributed by atoms with Crippen molar-refractivity contribution in [3.8, 4) is 0 Å². The number of hydrazine groups is 1. The molecule has 3 rings (SSSR count). The number of aryl methyl sites for hydroxylation is 2. The number of amides is 2. The molecule has 0 atom stereocenters. The van der Waals surface area contributed by atoms with E-state index in [1.165, 1.54) is 0 Å². The Morgan fingerprint density at radius 2 is 1.78 bits per heavy atom. The van der Waals surface area contributed by atoms with Gasteiger partial charge in [0.2, 0.25) is 0 Å². The summed E-state index contributed by atoms with van der Waals surface area (Å²) in [5.74, 6) is -0.727. The number of pyridine rings is 1. The number of fused-ring (bicyclic) bond motifs is 1. The lowest BCUT2D eigenvalue weighted by Gasteiger charge is -2.11. The molecule has 2 aromatic heterocycles. The van der Waals surface area contributed by atoms with Crippen molar-refractivity contribution in [3.63, 3.8) is 0 Å². The Labute approximate surface area is 157 Å². The summed E-state index contributed by atoms with van der Waals surface area (Å²) in [7, 11) is 0. The maximum absolute atomic E-state index is 12.7. The van der Waals surface area contributed by atoms with Crippen LogP contribution in [0.2, 0.25) is 0 Å². The molecule has 7 heteroatoms. The molecule has 1 aromatic carbocycles. The maximum Gasteiger partial charge on any atom is 0.270 e. The van der Waals surface area contributed by atoms with Crippen molar-refractivity contribution >= 4 is 22.9 Å². The van der Waals surface area contributed by atoms with E-state index in [0.717, 1.165) is 12.0 Å². The van der Waals surface area contributed by atoms with Crippen LogP contribution in [-0.2, 0) is 6.42 Å². The number of carbonyl (C=O) groups is 2. The van der Waals surface area contributed by atoms with Gasteiger partial charge < -0.3 is 4.52 Å². The van der Waals surface area contributed by atoms with Crippen LogP contribution in [0.5, 0.6) is 0 Å². The molecular weight excluding hydrogens is 344 g/mol. The average molecular weight is 366 g/mol. The van der Waals surface area contributed by atoms with Gasteiger partial charge in [-0.3, -0.25) is 20.4 Å². The molecule has 7 nitrogen and oxygen atoms in total. The smallest absolute Gasteiger partial charge is 0.270 e. The van der Waals surface area contributed by atoms with Crippen molar-refractivity contribution in [3.05, 3.63) is 58.4 Å². The molecule has 2 N–H and O–H groups in total. The van der Waals surface area contributed by atoms with E-state index in [1.807, 2.05) is 32.9 Å². The molecule has 0 saturated heterocycles. The highest BCUT2D eigenvalue weighted by Gasteiger charge is 2.20. The van der Waals surface area contributed by atoms with Crippen LogP contribution < -0.4 is 10.9 Å². The summed E-state index contributed by atoms with van der Waals surface area (Å²) in [4.78, 5) is 29.4. The fourth-order valence-electron chi connectivity index (χ4n) is 2.73. The van der Waals surface area contributed by atoms with E-state index < -0.39 is 5.91 Å². The Morgan fingerprint density at radius 3 is 2.41 bits per heavy atom. The Bertz CT molecular complexity index is 990. The van der Waals surface area contributed by atoms with Crippen LogP contribution in [0.15, 0.2) is 34.9 Å². The van der Waals surface area contributed by atoms with Gasteiger partial charge in [-0.2, -0.15) is 0 Å². The summed E-state index contributed by atoms with van der Waals surface area (Å²) >= 11 is 0. The number of carbonyl (C=O) groups excluding carboxylic acids is 2. The van der Waals surface area contributed by atoms with Gasteiger partial charge >= 0.3 is 0 Å². The molecule has 2 amide bonds. The lowest BCUT2D eigenvalue weighted by molar-refractivity contribution is 0.0847. The van der Waals surface area contributed by atoms with E-state index >= 15 is 0 Å². The molecule has 0 fully saturated rings. The first-order valence-corrected chi connectivity index (χ1v) is 8.87. The Balaban J connectivity index is 1.81. The zero-order valence-corrected chi connectivity index (χ0v) is 15.8. The molecule has 0 aliphatic carbocycles. The fraction of sp³-hybridized carbons (Fsp3) is 0.300. The predicted octanol–water partition coefficient (Wildman–Crippen LogP) is 3.29. The minimum atomic E-state index is -0.450. The van der Waals surface area contributed by atoms with E-state index in [2.05, 4.69) is 21.0 Å². The van der Waals surface area contributed by atoms with E-state index in [1.54, 1.807) is 25.1 Å². The van der Waals surface area contributed by atoms with Gasteiger partial charge in [0.1, 0.15) is 0 Å². The van der Waals surface area contributed by atoms with E-state index in [-0.39, 0.29) is 11.8 Å².